The molecule has 3 aromatic rings. The van der Waals surface area contributed by atoms with Gasteiger partial charge in [-0.25, -0.2) is 28.4 Å². The van der Waals surface area contributed by atoms with Gasteiger partial charge in [-0.3, -0.25) is 9.69 Å². The average molecular weight is 467 g/mol. The van der Waals surface area contributed by atoms with E-state index < -0.39 is 30.3 Å². The summed E-state index contributed by atoms with van der Waals surface area (Å²) in [5, 5.41) is 3.89. The molecule has 0 radical (unpaired) electrons. The van der Waals surface area contributed by atoms with Gasteiger partial charge in [0.15, 0.2) is 5.65 Å². The zero-order valence-electron chi connectivity index (χ0n) is 17.1. The van der Waals surface area contributed by atoms with Crippen molar-refractivity contribution in [3.8, 4) is 0 Å². The highest BCUT2D eigenvalue weighted by molar-refractivity contribution is 5.99. The van der Waals surface area contributed by atoms with Crippen LogP contribution in [0.5, 0.6) is 0 Å². The van der Waals surface area contributed by atoms with Gasteiger partial charge >= 0.3 is 6.18 Å². The third kappa shape index (κ3) is 3.74. The third-order valence-corrected chi connectivity index (χ3v) is 5.99. The minimum Gasteiger partial charge on any atom is -0.353 e. The number of carbonyl (C=O) groups is 1. The van der Waals surface area contributed by atoms with Crippen LogP contribution < -0.4 is 9.80 Å². The second-order valence-corrected chi connectivity index (χ2v) is 8.23. The van der Waals surface area contributed by atoms with Crippen molar-refractivity contribution in [3.63, 3.8) is 0 Å². The molecule has 1 amide bonds. The number of fused-ring (bicyclic) bond motifs is 1. The van der Waals surface area contributed by atoms with Crippen LogP contribution >= 0.6 is 0 Å². The second kappa shape index (κ2) is 7.59. The van der Waals surface area contributed by atoms with Crippen molar-refractivity contribution in [2.45, 2.75) is 32.0 Å². The average Bonchev–Trinajstić information content (AvgIpc) is 3.13. The number of hydrogen-bond acceptors (Lipinski definition) is 6. The lowest BCUT2D eigenvalue weighted by Gasteiger charge is -2.53. The van der Waals surface area contributed by atoms with Gasteiger partial charge in [-0.2, -0.15) is 18.3 Å². The molecule has 0 saturated carbocycles. The lowest BCUT2D eigenvalue weighted by atomic mass is 9.72. The molecule has 0 aliphatic carbocycles. The Balaban J connectivity index is 1.36. The fourth-order valence-electron chi connectivity index (χ4n) is 4.42. The molecule has 3 aromatic heterocycles. The maximum absolute atomic E-state index is 13.3. The van der Waals surface area contributed by atoms with Crippen LogP contribution in [0.1, 0.15) is 18.5 Å². The Labute approximate surface area is 184 Å². The number of carbonyl (C=O) groups excluding carboxylic acids is 1. The summed E-state index contributed by atoms with van der Waals surface area (Å²) in [7, 11) is 0. The number of aromatic nitrogens is 5. The van der Waals surface area contributed by atoms with E-state index in [2.05, 4.69) is 20.1 Å². The summed E-state index contributed by atoms with van der Waals surface area (Å²) < 4.78 is 65.8. The maximum Gasteiger partial charge on any atom is 0.433 e. The molecular formula is C20H18F5N7O. The summed E-state index contributed by atoms with van der Waals surface area (Å²) in [6, 6.07) is 3.50. The van der Waals surface area contributed by atoms with Crippen LogP contribution in [0.4, 0.5) is 33.6 Å². The van der Waals surface area contributed by atoms with Gasteiger partial charge in [0, 0.05) is 19.6 Å². The first-order valence-electron chi connectivity index (χ1n) is 10.2. The molecule has 1 spiro atoms. The molecule has 2 aliphatic rings. The van der Waals surface area contributed by atoms with Gasteiger partial charge in [0.1, 0.15) is 29.4 Å². The Kier molecular flexibility index (Phi) is 4.94. The number of halogens is 5. The van der Waals surface area contributed by atoms with Crippen LogP contribution in [0.3, 0.4) is 0 Å². The molecule has 0 atom stereocenters. The number of amides is 1. The number of rotatable bonds is 4. The quantitative estimate of drug-likeness (QED) is 0.549. The van der Waals surface area contributed by atoms with E-state index in [4.69, 9.17) is 0 Å². The summed E-state index contributed by atoms with van der Waals surface area (Å²) >= 11 is 0. The molecule has 0 unspecified atom stereocenters. The topological polar surface area (TPSA) is 80.0 Å². The zero-order valence-corrected chi connectivity index (χ0v) is 17.1. The molecule has 5 heterocycles. The molecule has 2 saturated heterocycles. The first kappa shape index (κ1) is 21.5. The van der Waals surface area contributed by atoms with Crippen molar-refractivity contribution in [2.75, 3.05) is 29.4 Å². The summed E-state index contributed by atoms with van der Waals surface area (Å²) in [4.78, 5) is 28.6. The van der Waals surface area contributed by atoms with E-state index in [1.165, 1.54) is 29.4 Å². The molecule has 0 N–H and O–H groups in total. The predicted molar refractivity (Wildman–Crippen MR) is 107 cm³/mol. The van der Waals surface area contributed by atoms with Gasteiger partial charge in [-0.05, 0) is 25.0 Å². The van der Waals surface area contributed by atoms with Crippen molar-refractivity contribution < 1.29 is 26.7 Å². The highest BCUT2D eigenvalue weighted by Gasteiger charge is 2.53. The van der Waals surface area contributed by atoms with Crippen molar-refractivity contribution in [3.05, 3.63) is 36.3 Å². The summed E-state index contributed by atoms with van der Waals surface area (Å²) in [6.45, 7) is 0.269. The van der Waals surface area contributed by atoms with Crippen LogP contribution in [0, 0.1) is 5.41 Å². The summed E-state index contributed by atoms with van der Waals surface area (Å²) in [5.74, 6) is 0.115. The van der Waals surface area contributed by atoms with Crippen molar-refractivity contribution >= 4 is 28.7 Å². The molecule has 33 heavy (non-hydrogen) atoms. The van der Waals surface area contributed by atoms with E-state index in [0.717, 1.165) is 10.7 Å². The van der Waals surface area contributed by atoms with E-state index in [9.17, 15) is 26.7 Å². The maximum atomic E-state index is 13.3. The van der Waals surface area contributed by atoms with Crippen molar-refractivity contribution in [1.29, 1.82) is 0 Å². The SMILES string of the molecule is O=C1N(c2cccc(C(F)(F)F)n2)CCCC12CN(c1cnc3cnn(CC(F)F)c3n1)C2. The minimum atomic E-state index is -4.60. The number of anilines is 2. The Bertz CT molecular complexity index is 1200. The first-order valence-corrected chi connectivity index (χ1v) is 10.2. The lowest BCUT2D eigenvalue weighted by Crippen LogP contribution is -2.66. The van der Waals surface area contributed by atoms with E-state index in [1.807, 2.05) is 0 Å². The molecular weight excluding hydrogens is 449 g/mol. The van der Waals surface area contributed by atoms with Crippen molar-refractivity contribution in [2.24, 2.45) is 5.41 Å². The minimum absolute atomic E-state index is 0.0236. The summed E-state index contributed by atoms with van der Waals surface area (Å²) in [6.07, 6.45) is -3.16. The lowest BCUT2D eigenvalue weighted by molar-refractivity contribution is -0.141. The Morgan fingerprint density at radius 3 is 2.61 bits per heavy atom. The Morgan fingerprint density at radius 2 is 1.88 bits per heavy atom. The second-order valence-electron chi connectivity index (χ2n) is 8.23. The number of pyridine rings is 1. The molecule has 2 fully saturated rings. The highest BCUT2D eigenvalue weighted by Crippen LogP contribution is 2.43. The largest absolute Gasteiger partial charge is 0.433 e. The van der Waals surface area contributed by atoms with E-state index in [1.54, 1.807) is 4.90 Å². The van der Waals surface area contributed by atoms with Gasteiger partial charge in [0.25, 0.3) is 6.43 Å². The van der Waals surface area contributed by atoms with Crippen LogP contribution in [0.15, 0.2) is 30.6 Å². The van der Waals surface area contributed by atoms with Crippen molar-refractivity contribution in [1.82, 2.24) is 24.7 Å². The standard InChI is InChI=1S/C20H18F5N7O/c21-14(22)9-32-17-12(7-27-32)26-8-16(29-17)30-10-19(11-30)5-2-6-31(18(19)33)15-4-1-3-13(28-15)20(23,24)25/h1,3-4,7-8,14H,2,5-6,9-11H2. The molecule has 0 bridgehead atoms. The van der Waals surface area contributed by atoms with E-state index in [0.29, 0.717) is 37.3 Å². The van der Waals surface area contributed by atoms with Gasteiger partial charge in [-0.15, -0.1) is 0 Å². The molecule has 0 aromatic carbocycles. The molecule has 8 nitrogen and oxygen atoms in total. The first-order chi connectivity index (χ1) is 15.7. The number of nitrogens with zero attached hydrogens (tertiary/aromatic N) is 7. The molecule has 174 valence electrons. The van der Waals surface area contributed by atoms with Crippen LogP contribution in [0.25, 0.3) is 11.2 Å². The van der Waals surface area contributed by atoms with Gasteiger partial charge in [0.05, 0.1) is 17.8 Å². The van der Waals surface area contributed by atoms with Crippen LogP contribution in [-0.4, -0.2) is 56.7 Å². The van der Waals surface area contributed by atoms with Crippen LogP contribution in [-0.2, 0) is 17.5 Å². The third-order valence-electron chi connectivity index (χ3n) is 5.99. The summed E-state index contributed by atoms with van der Waals surface area (Å²) in [5.41, 5.74) is -1.22. The zero-order chi connectivity index (χ0) is 23.4. The Hall–Kier alpha value is -3.38. The molecule has 13 heteroatoms. The van der Waals surface area contributed by atoms with E-state index >= 15 is 0 Å². The fourth-order valence-corrected chi connectivity index (χ4v) is 4.42. The monoisotopic (exact) mass is 467 g/mol. The molecule has 2 aliphatic heterocycles. The normalized spacial score (nSPS) is 18.4. The number of hydrogen-bond donors (Lipinski definition) is 0. The fraction of sp³-hybridized carbons (Fsp3) is 0.450. The predicted octanol–water partition coefficient (Wildman–Crippen LogP) is 3.14. The smallest absolute Gasteiger partial charge is 0.353 e. The molecule has 5 rings (SSSR count). The highest BCUT2D eigenvalue weighted by atomic mass is 19.4. The van der Waals surface area contributed by atoms with Gasteiger partial charge in [-0.1, -0.05) is 6.07 Å². The van der Waals surface area contributed by atoms with Gasteiger partial charge < -0.3 is 4.90 Å². The van der Waals surface area contributed by atoms with E-state index in [-0.39, 0.29) is 23.9 Å². The number of alkyl halides is 5. The Morgan fingerprint density at radius 1 is 1.09 bits per heavy atom. The van der Waals surface area contributed by atoms with Gasteiger partial charge in [0.2, 0.25) is 5.91 Å². The number of piperidine rings is 1. The van der Waals surface area contributed by atoms with Crippen LogP contribution in [0.2, 0.25) is 0 Å².